The molecule has 1 amide bonds. The van der Waals surface area contributed by atoms with Crippen molar-refractivity contribution in [3.05, 3.63) is 89.2 Å². The van der Waals surface area contributed by atoms with Crippen molar-refractivity contribution in [2.24, 2.45) is 0 Å². The van der Waals surface area contributed by atoms with E-state index in [0.717, 1.165) is 17.7 Å². The van der Waals surface area contributed by atoms with E-state index >= 15 is 0 Å². The number of fused-ring (bicyclic) bond motifs is 1. The number of aromatic amines is 1. The lowest BCUT2D eigenvalue weighted by atomic mass is 10.1. The van der Waals surface area contributed by atoms with Gasteiger partial charge in [-0.3, -0.25) is 4.79 Å². The fraction of sp³-hybridized carbons (Fsp3) is 0.0476. The summed E-state index contributed by atoms with van der Waals surface area (Å²) < 4.78 is 26.8. The number of amides is 1. The number of imidazole rings is 1. The zero-order valence-corrected chi connectivity index (χ0v) is 15.9. The second-order valence-electron chi connectivity index (χ2n) is 6.47. The minimum absolute atomic E-state index is 0.292. The van der Waals surface area contributed by atoms with Crippen molar-refractivity contribution < 1.29 is 13.6 Å². The first-order valence-electron chi connectivity index (χ1n) is 8.71. The number of carbonyl (C=O) groups is 1. The van der Waals surface area contributed by atoms with Gasteiger partial charge in [-0.25, -0.2) is 13.8 Å². The van der Waals surface area contributed by atoms with Gasteiger partial charge in [-0.1, -0.05) is 24.3 Å². The van der Waals surface area contributed by atoms with Crippen LogP contribution in [0.5, 0.6) is 0 Å². The molecule has 0 bridgehead atoms. The highest BCUT2D eigenvalue weighted by molar-refractivity contribution is 7.80. The minimum atomic E-state index is -0.958. The maximum absolute atomic E-state index is 13.4. The van der Waals surface area contributed by atoms with Crippen LogP contribution in [0.1, 0.15) is 27.0 Å². The van der Waals surface area contributed by atoms with Crippen LogP contribution in [0.4, 0.5) is 20.2 Å². The van der Waals surface area contributed by atoms with Gasteiger partial charge in [0.05, 0.1) is 27.7 Å². The fourth-order valence-electron chi connectivity index (χ4n) is 2.93. The standard InChI is InChI=1S/C21H16F2N4OS/c22-13-9-17-18(10-14(13)23)26-20(25-17)19(29)11-5-7-12(8-6-11)21(28)27-16-4-2-1-3-15(16)24/h1-10,19,29H,24H2,(H,25,26)(H,27,28). The number of benzene rings is 3. The normalized spacial score (nSPS) is 12.1. The van der Waals surface area contributed by atoms with Gasteiger partial charge < -0.3 is 16.0 Å². The maximum Gasteiger partial charge on any atom is 0.255 e. The van der Waals surface area contributed by atoms with E-state index in [2.05, 4.69) is 27.9 Å². The average molecular weight is 410 g/mol. The van der Waals surface area contributed by atoms with E-state index in [1.54, 1.807) is 48.5 Å². The Morgan fingerprint density at radius 1 is 1.07 bits per heavy atom. The molecule has 1 heterocycles. The number of hydrogen-bond donors (Lipinski definition) is 4. The maximum atomic E-state index is 13.4. The van der Waals surface area contributed by atoms with Crippen LogP contribution in [0.25, 0.3) is 11.0 Å². The highest BCUT2D eigenvalue weighted by Crippen LogP contribution is 2.29. The SMILES string of the molecule is Nc1ccccc1NC(=O)c1ccc(C(S)c2nc3cc(F)c(F)cc3[nH]2)cc1. The van der Waals surface area contributed by atoms with Crippen LogP contribution in [0.2, 0.25) is 0 Å². The van der Waals surface area contributed by atoms with Crippen LogP contribution < -0.4 is 11.1 Å². The van der Waals surface area contributed by atoms with E-state index in [4.69, 9.17) is 5.73 Å². The summed E-state index contributed by atoms with van der Waals surface area (Å²) in [6.45, 7) is 0. The molecule has 4 N–H and O–H groups in total. The molecule has 0 saturated heterocycles. The summed E-state index contributed by atoms with van der Waals surface area (Å²) in [6.07, 6.45) is 0. The Morgan fingerprint density at radius 2 is 1.76 bits per heavy atom. The second-order valence-corrected chi connectivity index (χ2v) is 6.99. The van der Waals surface area contributed by atoms with Gasteiger partial charge in [0.15, 0.2) is 11.6 Å². The van der Waals surface area contributed by atoms with E-state index in [0.29, 0.717) is 33.8 Å². The molecule has 8 heteroatoms. The number of nitrogens with two attached hydrogens (primary N) is 1. The first-order valence-corrected chi connectivity index (χ1v) is 9.22. The lowest BCUT2D eigenvalue weighted by Gasteiger charge is -2.10. The lowest BCUT2D eigenvalue weighted by Crippen LogP contribution is -2.13. The molecule has 1 unspecified atom stereocenters. The van der Waals surface area contributed by atoms with Crippen LogP contribution in [-0.2, 0) is 0 Å². The predicted octanol–water partition coefficient (Wildman–Crippen LogP) is 4.69. The molecule has 5 nitrogen and oxygen atoms in total. The van der Waals surface area contributed by atoms with Crippen molar-refractivity contribution in [2.45, 2.75) is 5.25 Å². The molecule has 4 rings (SSSR count). The number of para-hydroxylation sites is 2. The molecule has 4 aromatic rings. The third kappa shape index (κ3) is 3.79. The molecule has 0 fully saturated rings. The van der Waals surface area contributed by atoms with E-state index < -0.39 is 16.9 Å². The van der Waals surface area contributed by atoms with Crippen LogP contribution in [0.3, 0.4) is 0 Å². The first kappa shape index (κ1) is 18.9. The molecule has 3 aromatic carbocycles. The largest absolute Gasteiger partial charge is 0.397 e. The Morgan fingerprint density at radius 3 is 2.48 bits per heavy atom. The second kappa shape index (κ2) is 7.56. The summed E-state index contributed by atoms with van der Waals surface area (Å²) in [4.78, 5) is 19.7. The van der Waals surface area contributed by atoms with Crippen molar-refractivity contribution in [3.63, 3.8) is 0 Å². The van der Waals surface area contributed by atoms with Crippen LogP contribution in [0.15, 0.2) is 60.7 Å². The molecule has 0 saturated carbocycles. The van der Waals surface area contributed by atoms with Crippen molar-refractivity contribution in [1.29, 1.82) is 0 Å². The first-order chi connectivity index (χ1) is 13.9. The quantitative estimate of drug-likeness (QED) is 0.291. The smallest absolute Gasteiger partial charge is 0.255 e. The number of H-pyrrole nitrogens is 1. The average Bonchev–Trinajstić information content (AvgIpc) is 3.12. The van der Waals surface area contributed by atoms with Gasteiger partial charge in [-0.15, -0.1) is 0 Å². The number of nitrogens with zero attached hydrogens (tertiary/aromatic N) is 1. The van der Waals surface area contributed by atoms with Crippen molar-refractivity contribution >= 4 is 40.9 Å². The summed E-state index contributed by atoms with van der Waals surface area (Å²) in [5.41, 5.74) is 8.77. The number of nitrogen functional groups attached to an aromatic ring is 1. The molecule has 146 valence electrons. The molecule has 0 aliphatic heterocycles. The summed E-state index contributed by atoms with van der Waals surface area (Å²) >= 11 is 4.55. The summed E-state index contributed by atoms with van der Waals surface area (Å²) in [7, 11) is 0. The van der Waals surface area contributed by atoms with Crippen molar-refractivity contribution in [1.82, 2.24) is 9.97 Å². The number of nitrogens with one attached hydrogen (secondary N) is 2. The predicted molar refractivity (Wildman–Crippen MR) is 112 cm³/mol. The Hall–Kier alpha value is -3.39. The van der Waals surface area contributed by atoms with E-state index in [1.165, 1.54) is 0 Å². The van der Waals surface area contributed by atoms with Crippen LogP contribution in [-0.4, -0.2) is 15.9 Å². The van der Waals surface area contributed by atoms with Gasteiger partial charge >= 0.3 is 0 Å². The van der Waals surface area contributed by atoms with Gasteiger partial charge in [-0.2, -0.15) is 12.6 Å². The molecule has 0 spiro atoms. The van der Waals surface area contributed by atoms with Crippen molar-refractivity contribution in [2.75, 3.05) is 11.1 Å². The van der Waals surface area contributed by atoms with Gasteiger partial charge in [0.25, 0.3) is 5.91 Å². The molecular weight excluding hydrogens is 394 g/mol. The third-order valence-corrected chi connectivity index (χ3v) is 5.04. The molecule has 0 aliphatic rings. The van der Waals surface area contributed by atoms with E-state index in [1.807, 2.05) is 0 Å². The molecule has 1 atom stereocenters. The fourth-order valence-corrected chi connectivity index (χ4v) is 3.23. The topological polar surface area (TPSA) is 83.8 Å². The van der Waals surface area contributed by atoms with Gasteiger partial charge in [0.1, 0.15) is 5.82 Å². The van der Waals surface area contributed by atoms with Crippen LogP contribution in [0, 0.1) is 11.6 Å². The number of anilines is 2. The number of aromatic nitrogens is 2. The highest BCUT2D eigenvalue weighted by atomic mass is 32.1. The minimum Gasteiger partial charge on any atom is -0.397 e. The van der Waals surface area contributed by atoms with Gasteiger partial charge in [0.2, 0.25) is 0 Å². The van der Waals surface area contributed by atoms with Crippen LogP contribution >= 0.6 is 12.6 Å². The Labute approximate surface area is 170 Å². The van der Waals surface area contributed by atoms with Gasteiger partial charge in [-0.05, 0) is 29.8 Å². The molecule has 29 heavy (non-hydrogen) atoms. The Kier molecular flexibility index (Phi) is 4.94. The lowest BCUT2D eigenvalue weighted by molar-refractivity contribution is 0.102. The van der Waals surface area contributed by atoms with E-state index in [9.17, 15) is 13.6 Å². The number of thiol groups is 1. The monoisotopic (exact) mass is 410 g/mol. The Bertz CT molecular complexity index is 1170. The summed E-state index contributed by atoms with van der Waals surface area (Å²) in [5, 5.41) is 2.30. The molecule has 0 radical (unpaired) electrons. The number of rotatable bonds is 4. The molecule has 1 aromatic heterocycles. The molecule has 0 aliphatic carbocycles. The number of halogens is 2. The highest BCUT2D eigenvalue weighted by Gasteiger charge is 2.17. The summed E-state index contributed by atoms with van der Waals surface area (Å²) in [5.74, 6) is -1.75. The zero-order chi connectivity index (χ0) is 20.5. The third-order valence-electron chi connectivity index (χ3n) is 4.50. The van der Waals surface area contributed by atoms with Gasteiger partial charge in [0, 0.05) is 17.7 Å². The zero-order valence-electron chi connectivity index (χ0n) is 15.0. The number of carbonyl (C=O) groups excluding carboxylic acids is 1. The van der Waals surface area contributed by atoms with E-state index in [-0.39, 0.29) is 5.91 Å². The Balaban J connectivity index is 1.54. The molecular formula is C21H16F2N4OS. The number of hydrogen-bond acceptors (Lipinski definition) is 4. The summed E-state index contributed by atoms with van der Waals surface area (Å²) in [6, 6.07) is 15.9. The van der Waals surface area contributed by atoms with Crippen molar-refractivity contribution in [3.8, 4) is 0 Å².